The minimum absolute atomic E-state index is 0.0207. The van der Waals surface area contributed by atoms with Gasteiger partial charge in [-0.05, 0) is 19.1 Å². The van der Waals surface area contributed by atoms with Crippen molar-refractivity contribution >= 4 is 35.1 Å². The highest BCUT2D eigenvalue weighted by Crippen LogP contribution is 2.27. The molecule has 2 rings (SSSR count). The summed E-state index contributed by atoms with van der Waals surface area (Å²) in [5, 5.41) is 25.4. The first-order valence-electron chi connectivity index (χ1n) is 7.46. The van der Waals surface area contributed by atoms with Gasteiger partial charge in [-0.15, -0.1) is 0 Å². The number of hydrazone groups is 1. The number of benzene rings is 2. The Kier molecular flexibility index (Phi) is 6.39. The molecule has 0 aliphatic carbocycles. The SMILES string of the molecule is CC(Oc1ccccc1[N+](=O)[O-])C(=O)N/N=C\c1ccc(Cl)c([N+](=O)[O-])c1. The lowest BCUT2D eigenvalue weighted by atomic mass is 10.2. The first-order chi connectivity index (χ1) is 12.8. The molecule has 0 aliphatic heterocycles. The van der Waals surface area contributed by atoms with Gasteiger partial charge in [-0.25, -0.2) is 5.43 Å². The van der Waals surface area contributed by atoms with Gasteiger partial charge in [0.15, 0.2) is 11.9 Å². The topological polar surface area (TPSA) is 137 Å². The number of carbonyl (C=O) groups is 1. The quantitative estimate of drug-likeness (QED) is 0.436. The molecule has 1 amide bonds. The van der Waals surface area contributed by atoms with Crippen LogP contribution in [-0.4, -0.2) is 28.1 Å². The zero-order valence-electron chi connectivity index (χ0n) is 13.9. The molecular weight excluding hydrogens is 380 g/mol. The standard InChI is InChI=1S/C16H13ClN4O6/c1-10(27-15-5-3-2-4-13(15)20(23)24)16(22)19-18-9-11-6-7-12(17)14(8-11)21(25)26/h2-10H,1H3,(H,19,22)/b18-9-. The molecule has 10 nitrogen and oxygen atoms in total. The largest absolute Gasteiger partial charge is 0.474 e. The van der Waals surface area contributed by atoms with Gasteiger partial charge in [0.2, 0.25) is 0 Å². The molecule has 1 unspecified atom stereocenters. The number of nitro groups is 2. The maximum atomic E-state index is 12.0. The van der Waals surface area contributed by atoms with Gasteiger partial charge < -0.3 is 4.74 Å². The highest BCUT2D eigenvalue weighted by molar-refractivity contribution is 6.32. The minimum atomic E-state index is -1.07. The third kappa shape index (κ3) is 5.22. The zero-order valence-corrected chi connectivity index (χ0v) is 14.6. The molecule has 0 radical (unpaired) electrons. The molecule has 0 bridgehead atoms. The number of hydrogen-bond donors (Lipinski definition) is 1. The van der Waals surface area contributed by atoms with E-state index in [2.05, 4.69) is 10.5 Å². The molecule has 0 saturated heterocycles. The van der Waals surface area contributed by atoms with Crippen LogP contribution in [0.4, 0.5) is 11.4 Å². The Hall–Kier alpha value is -3.53. The summed E-state index contributed by atoms with van der Waals surface area (Å²) in [6.45, 7) is 1.40. The monoisotopic (exact) mass is 392 g/mol. The van der Waals surface area contributed by atoms with Crippen LogP contribution in [-0.2, 0) is 4.79 Å². The number of ether oxygens (including phenoxy) is 1. The molecule has 0 fully saturated rings. The normalized spacial score (nSPS) is 11.8. The van der Waals surface area contributed by atoms with Gasteiger partial charge in [0.05, 0.1) is 16.1 Å². The lowest BCUT2D eigenvalue weighted by Gasteiger charge is -2.12. The lowest BCUT2D eigenvalue weighted by Crippen LogP contribution is -2.33. The summed E-state index contributed by atoms with van der Waals surface area (Å²) in [7, 11) is 0. The predicted octanol–water partition coefficient (Wildman–Crippen LogP) is 3.07. The molecule has 11 heteroatoms. The number of nitrogens with one attached hydrogen (secondary N) is 1. The Morgan fingerprint density at radius 1 is 1.19 bits per heavy atom. The van der Waals surface area contributed by atoms with E-state index in [0.29, 0.717) is 5.56 Å². The predicted molar refractivity (Wildman–Crippen MR) is 97.0 cm³/mol. The van der Waals surface area contributed by atoms with E-state index < -0.39 is 21.9 Å². The fraction of sp³-hybridized carbons (Fsp3) is 0.125. The number of hydrogen-bond acceptors (Lipinski definition) is 7. The maximum absolute atomic E-state index is 12.0. The van der Waals surface area contributed by atoms with Crippen LogP contribution in [0.25, 0.3) is 0 Å². The van der Waals surface area contributed by atoms with Crippen molar-refractivity contribution in [2.24, 2.45) is 5.10 Å². The van der Waals surface area contributed by atoms with Gasteiger partial charge in [-0.1, -0.05) is 29.8 Å². The number of rotatable bonds is 7. The Morgan fingerprint density at radius 3 is 2.52 bits per heavy atom. The maximum Gasteiger partial charge on any atom is 0.310 e. The molecule has 0 saturated carbocycles. The van der Waals surface area contributed by atoms with Crippen molar-refractivity contribution < 1.29 is 19.4 Å². The molecule has 2 aromatic carbocycles. The number of nitrogens with zero attached hydrogens (tertiary/aromatic N) is 3. The third-order valence-corrected chi connectivity index (χ3v) is 3.61. The van der Waals surface area contributed by atoms with E-state index in [1.54, 1.807) is 6.07 Å². The Balaban J connectivity index is 2.01. The molecule has 1 atom stereocenters. The van der Waals surface area contributed by atoms with E-state index >= 15 is 0 Å². The summed E-state index contributed by atoms with van der Waals surface area (Å²) in [5.74, 6) is -0.713. The van der Waals surface area contributed by atoms with E-state index in [9.17, 15) is 25.0 Å². The van der Waals surface area contributed by atoms with Crippen molar-refractivity contribution in [3.05, 3.63) is 73.3 Å². The number of amides is 1. The van der Waals surface area contributed by atoms with Crippen molar-refractivity contribution in [3.63, 3.8) is 0 Å². The van der Waals surface area contributed by atoms with Gasteiger partial charge >= 0.3 is 5.69 Å². The molecular formula is C16H13ClN4O6. The molecule has 0 aliphatic rings. The molecule has 140 valence electrons. The van der Waals surface area contributed by atoms with Crippen LogP contribution in [0.2, 0.25) is 5.02 Å². The number of carbonyl (C=O) groups excluding carboxylic acids is 1. The van der Waals surface area contributed by atoms with Crippen LogP contribution < -0.4 is 10.2 Å². The summed E-state index contributed by atoms with van der Waals surface area (Å²) in [6, 6.07) is 9.67. The molecule has 0 heterocycles. The van der Waals surface area contributed by atoms with E-state index in [4.69, 9.17) is 16.3 Å². The van der Waals surface area contributed by atoms with E-state index in [1.807, 2.05) is 0 Å². The fourth-order valence-corrected chi connectivity index (χ4v) is 2.15. The summed E-state index contributed by atoms with van der Waals surface area (Å²) in [5.41, 5.74) is 1.98. The van der Waals surface area contributed by atoms with Crippen molar-refractivity contribution in [1.82, 2.24) is 5.43 Å². The van der Waals surface area contributed by atoms with Crippen molar-refractivity contribution in [2.45, 2.75) is 13.0 Å². The number of halogens is 1. The van der Waals surface area contributed by atoms with Gasteiger partial charge in [-0.2, -0.15) is 5.10 Å². The fourth-order valence-electron chi connectivity index (χ4n) is 1.96. The van der Waals surface area contributed by atoms with Gasteiger partial charge in [0.1, 0.15) is 5.02 Å². The molecule has 27 heavy (non-hydrogen) atoms. The molecule has 1 N–H and O–H groups in total. The van der Waals surface area contributed by atoms with Gasteiger partial charge in [0, 0.05) is 17.7 Å². The van der Waals surface area contributed by atoms with Crippen molar-refractivity contribution in [1.29, 1.82) is 0 Å². The first kappa shape index (κ1) is 19.8. The Bertz CT molecular complexity index is 918. The summed E-state index contributed by atoms with van der Waals surface area (Å²) in [6.07, 6.45) is 0.127. The van der Waals surface area contributed by atoms with Crippen LogP contribution in [0.15, 0.2) is 47.6 Å². The number of para-hydroxylation sites is 2. The van der Waals surface area contributed by atoms with Crippen molar-refractivity contribution in [2.75, 3.05) is 0 Å². The minimum Gasteiger partial charge on any atom is -0.474 e. The van der Waals surface area contributed by atoms with E-state index in [1.165, 1.54) is 49.5 Å². The highest BCUT2D eigenvalue weighted by atomic mass is 35.5. The second-order valence-corrected chi connectivity index (χ2v) is 5.59. The zero-order chi connectivity index (χ0) is 20.0. The smallest absolute Gasteiger partial charge is 0.310 e. The van der Waals surface area contributed by atoms with Crippen LogP contribution in [0, 0.1) is 20.2 Å². The third-order valence-electron chi connectivity index (χ3n) is 3.29. The molecule has 0 spiro atoms. The summed E-state index contributed by atoms with van der Waals surface area (Å²) in [4.78, 5) is 32.5. The van der Waals surface area contributed by atoms with E-state index in [-0.39, 0.29) is 22.1 Å². The number of nitro benzene ring substituents is 2. The van der Waals surface area contributed by atoms with Gasteiger partial charge in [0.25, 0.3) is 11.6 Å². The Labute approximate surface area is 157 Å². The second-order valence-electron chi connectivity index (χ2n) is 5.19. The second kappa shape index (κ2) is 8.72. The lowest BCUT2D eigenvalue weighted by molar-refractivity contribution is -0.386. The van der Waals surface area contributed by atoms with E-state index in [0.717, 1.165) is 0 Å². The highest BCUT2D eigenvalue weighted by Gasteiger charge is 2.20. The summed E-state index contributed by atoms with van der Waals surface area (Å²) >= 11 is 5.71. The Morgan fingerprint density at radius 2 is 1.85 bits per heavy atom. The average molecular weight is 393 g/mol. The van der Waals surface area contributed by atoms with Crippen molar-refractivity contribution in [3.8, 4) is 5.75 Å². The van der Waals surface area contributed by atoms with Crippen LogP contribution in [0.5, 0.6) is 5.75 Å². The first-order valence-corrected chi connectivity index (χ1v) is 7.84. The van der Waals surface area contributed by atoms with Crippen LogP contribution in [0.3, 0.4) is 0 Å². The van der Waals surface area contributed by atoms with Crippen LogP contribution in [0.1, 0.15) is 12.5 Å². The van der Waals surface area contributed by atoms with Gasteiger partial charge in [-0.3, -0.25) is 25.0 Å². The van der Waals surface area contributed by atoms with Crippen LogP contribution >= 0.6 is 11.6 Å². The summed E-state index contributed by atoms with van der Waals surface area (Å²) < 4.78 is 5.30. The molecule has 2 aromatic rings. The molecule has 0 aromatic heterocycles. The average Bonchev–Trinajstić information content (AvgIpc) is 2.63.